The van der Waals surface area contributed by atoms with Gasteiger partial charge in [-0.2, -0.15) is 0 Å². The van der Waals surface area contributed by atoms with E-state index in [0.29, 0.717) is 6.42 Å². The third kappa shape index (κ3) is 45.3. The van der Waals surface area contributed by atoms with Crippen LogP contribution in [0.4, 0.5) is 0 Å². The van der Waals surface area contributed by atoms with Crippen molar-refractivity contribution < 1.29 is 37.6 Å². The Hall–Kier alpha value is -2.03. The molecule has 2 unspecified atom stereocenters. The van der Waals surface area contributed by atoms with Crippen LogP contribution in [0.1, 0.15) is 219 Å². The molecule has 59 heavy (non-hydrogen) atoms. The number of hydrogen-bond donors (Lipinski definition) is 2. The number of carbonyl (C=O) groups excluding carboxylic acids is 2. The molecule has 0 heterocycles. The van der Waals surface area contributed by atoms with Gasteiger partial charge in [0.2, 0.25) is 0 Å². The summed E-state index contributed by atoms with van der Waals surface area (Å²) in [5.41, 5.74) is 5.35. The first-order valence-corrected chi connectivity index (χ1v) is 25.6. The molecule has 2 atom stereocenters. The van der Waals surface area contributed by atoms with Crippen LogP contribution in [0.15, 0.2) is 48.6 Å². The first-order valence-electron chi connectivity index (χ1n) is 24.1. The van der Waals surface area contributed by atoms with Crippen LogP contribution in [-0.2, 0) is 32.7 Å². The summed E-state index contributed by atoms with van der Waals surface area (Å²) in [7, 11) is -4.38. The molecular weight excluding hydrogens is 762 g/mol. The molecule has 3 N–H and O–H groups in total. The average Bonchev–Trinajstić information content (AvgIpc) is 3.22. The maximum atomic E-state index is 12.6. The van der Waals surface area contributed by atoms with Gasteiger partial charge in [0.25, 0.3) is 0 Å². The van der Waals surface area contributed by atoms with Crippen molar-refractivity contribution in [1.29, 1.82) is 0 Å². The van der Waals surface area contributed by atoms with E-state index in [0.717, 1.165) is 70.6 Å². The molecule has 0 aliphatic heterocycles. The minimum atomic E-state index is -4.38. The lowest BCUT2D eigenvalue weighted by molar-refractivity contribution is -0.161. The quantitative estimate of drug-likeness (QED) is 0.0266. The number of rotatable bonds is 45. The Bertz CT molecular complexity index is 1110. The highest BCUT2D eigenvalue weighted by Crippen LogP contribution is 2.43. The van der Waals surface area contributed by atoms with Crippen LogP contribution in [0.3, 0.4) is 0 Å². The number of esters is 2. The van der Waals surface area contributed by atoms with Gasteiger partial charge in [0, 0.05) is 19.4 Å². The Balaban J connectivity index is 4.05. The number of nitrogens with two attached hydrogens (primary N) is 1. The van der Waals surface area contributed by atoms with E-state index in [-0.39, 0.29) is 38.6 Å². The van der Waals surface area contributed by atoms with E-state index in [1.54, 1.807) is 0 Å². The monoisotopic (exact) mass is 852 g/mol. The van der Waals surface area contributed by atoms with Crippen LogP contribution in [0.5, 0.6) is 0 Å². The fourth-order valence-corrected chi connectivity index (χ4v) is 7.41. The molecular formula is C49H90NO8P. The normalized spacial score (nSPS) is 13.6. The maximum absolute atomic E-state index is 12.6. The van der Waals surface area contributed by atoms with Crippen molar-refractivity contribution in [1.82, 2.24) is 0 Å². The molecule has 344 valence electrons. The van der Waals surface area contributed by atoms with E-state index < -0.39 is 26.5 Å². The zero-order valence-corrected chi connectivity index (χ0v) is 38.9. The molecule has 0 aromatic rings. The highest BCUT2D eigenvalue weighted by molar-refractivity contribution is 7.47. The molecule has 0 aromatic heterocycles. The molecule has 10 heteroatoms. The zero-order chi connectivity index (χ0) is 43.2. The lowest BCUT2D eigenvalue weighted by atomic mass is 10.0. The van der Waals surface area contributed by atoms with Gasteiger partial charge in [-0.15, -0.1) is 0 Å². The number of hydrogen-bond acceptors (Lipinski definition) is 8. The number of allylic oxidation sites excluding steroid dienone is 8. The smallest absolute Gasteiger partial charge is 0.462 e. The van der Waals surface area contributed by atoms with Crippen molar-refractivity contribution >= 4 is 19.8 Å². The summed E-state index contributed by atoms with van der Waals surface area (Å²) >= 11 is 0. The Morgan fingerprint density at radius 1 is 0.525 bits per heavy atom. The van der Waals surface area contributed by atoms with Crippen molar-refractivity contribution in [3.05, 3.63) is 48.6 Å². The summed E-state index contributed by atoms with van der Waals surface area (Å²) < 4.78 is 32.8. The van der Waals surface area contributed by atoms with Crippen LogP contribution in [-0.4, -0.2) is 49.3 Å². The lowest BCUT2D eigenvalue weighted by Gasteiger charge is -2.19. The molecule has 0 radical (unpaired) electrons. The Morgan fingerprint density at radius 2 is 0.932 bits per heavy atom. The summed E-state index contributed by atoms with van der Waals surface area (Å²) in [5.74, 6) is -0.846. The molecule has 0 bridgehead atoms. The fraction of sp³-hybridized carbons (Fsp3) is 0.796. The summed E-state index contributed by atoms with van der Waals surface area (Å²) in [6.45, 7) is 3.61. The highest BCUT2D eigenvalue weighted by atomic mass is 31.2. The fourth-order valence-electron chi connectivity index (χ4n) is 6.64. The second-order valence-electron chi connectivity index (χ2n) is 15.9. The Labute approximate surface area is 362 Å². The van der Waals surface area contributed by atoms with Crippen molar-refractivity contribution in [2.24, 2.45) is 5.73 Å². The molecule has 0 amide bonds. The average molecular weight is 852 g/mol. The molecule has 9 nitrogen and oxygen atoms in total. The standard InChI is InChI=1S/C49H90NO8P/c1-3-5-7-9-11-13-15-17-19-20-21-22-23-24-25-26-28-29-31-33-35-37-39-41-48(51)55-45-47(46-57-59(53,54)56-44-43-50)58-49(52)42-40-38-36-34-32-30-27-18-16-14-12-10-8-6-4-2/h6,8,12,14,18,20-21,27,47H,3-5,7,9-11,13,15-17,19,22-26,28-46,50H2,1-2H3,(H,53,54)/b8-6-,14-12-,21-20-,27-18-. The van der Waals surface area contributed by atoms with Crippen molar-refractivity contribution in [2.75, 3.05) is 26.4 Å². The van der Waals surface area contributed by atoms with E-state index in [1.807, 2.05) is 0 Å². The van der Waals surface area contributed by atoms with Gasteiger partial charge in [0.1, 0.15) is 6.61 Å². The SMILES string of the molecule is CC/C=C\C/C=C\C/C=C\CCCCCCCC(=O)OC(COC(=O)CCCCCCCCCCCCC/C=C\CCCCCCCCCC)COP(=O)(O)OCCN. The van der Waals surface area contributed by atoms with E-state index in [4.69, 9.17) is 24.3 Å². The Kier molecular flexibility index (Phi) is 43.9. The van der Waals surface area contributed by atoms with Crippen LogP contribution in [0, 0.1) is 0 Å². The number of ether oxygens (including phenoxy) is 2. The predicted molar refractivity (Wildman–Crippen MR) is 247 cm³/mol. The topological polar surface area (TPSA) is 134 Å². The van der Waals surface area contributed by atoms with Crippen LogP contribution >= 0.6 is 7.82 Å². The van der Waals surface area contributed by atoms with E-state index >= 15 is 0 Å². The molecule has 0 aliphatic rings. The summed E-state index contributed by atoms with van der Waals surface area (Å²) in [6.07, 6.45) is 52.9. The van der Waals surface area contributed by atoms with Crippen LogP contribution < -0.4 is 5.73 Å². The van der Waals surface area contributed by atoms with Gasteiger partial charge < -0.3 is 20.1 Å². The summed E-state index contributed by atoms with van der Waals surface area (Å²) in [4.78, 5) is 35.0. The molecule has 0 aromatic carbocycles. The highest BCUT2D eigenvalue weighted by Gasteiger charge is 2.26. The minimum Gasteiger partial charge on any atom is -0.462 e. The van der Waals surface area contributed by atoms with Gasteiger partial charge in [-0.25, -0.2) is 4.57 Å². The van der Waals surface area contributed by atoms with Gasteiger partial charge in [-0.3, -0.25) is 18.6 Å². The molecule has 0 saturated heterocycles. The number of phosphoric acid groups is 1. The lowest BCUT2D eigenvalue weighted by Crippen LogP contribution is -2.29. The second-order valence-corrected chi connectivity index (χ2v) is 17.4. The Morgan fingerprint density at radius 3 is 1.41 bits per heavy atom. The van der Waals surface area contributed by atoms with Crippen molar-refractivity contribution in [3.63, 3.8) is 0 Å². The second kappa shape index (κ2) is 45.5. The predicted octanol–water partition coefficient (Wildman–Crippen LogP) is 14.3. The number of phosphoric ester groups is 1. The van der Waals surface area contributed by atoms with Gasteiger partial charge in [0.15, 0.2) is 6.10 Å². The summed E-state index contributed by atoms with van der Waals surface area (Å²) in [5, 5.41) is 0. The molecule has 0 rings (SSSR count). The number of carbonyl (C=O) groups is 2. The van der Waals surface area contributed by atoms with E-state index in [9.17, 15) is 19.0 Å². The summed E-state index contributed by atoms with van der Waals surface area (Å²) in [6, 6.07) is 0. The zero-order valence-electron chi connectivity index (χ0n) is 38.0. The largest absolute Gasteiger partial charge is 0.472 e. The van der Waals surface area contributed by atoms with Crippen LogP contribution in [0.25, 0.3) is 0 Å². The molecule has 0 saturated carbocycles. The van der Waals surface area contributed by atoms with Gasteiger partial charge in [-0.05, 0) is 70.6 Å². The van der Waals surface area contributed by atoms with Gasteiger partial charge in [-0.1, -0.05) is 184 Å². The third-order valence-corrected chi connectivity index (χ3v) is 11.2. The minimum absolute atomic E-state index is 0.0492. The molecule has 0 fully saturated rings. The first-order chi connectivity index (χ1) is 28.8. The van der Waals surface area contributed by atoms with Gasteiger partial charge in [0.05, 0.1) is 13.2 Å². The third-order valence-electron chi connectivity index (χ3n) is 10.2. The van der Waals surface area contributed by atoms with Gasteiger partial charge >= 0.3 is 19.8 Å². The van der Waals surface area contributed by atoms with Crippen molar-refractivity contribution in [2.45, 2.75) is 225 Å². The van der Waals surface area contributed by atoms with Crippen molar-refractivity contribution in [3.8, 4) is 0 Å². The number of unbranched alkanes of at least 4 members (excludes halogenated alkanes) is 24. The molecule has 0 aliphatic carbocycles. The van der Waals surface area contributed by atoms with E-state index in [1.165, 1.54) is 116 Å². The molecule has 0 spiro atoms. The first kappa shape index (κ1) is 57.0. The maximum Gasteiger partial charge on any atom is 0.472 e. The van der Waals surface area contributed by atoms with Crippen LogP contribution in [0.2, 0.25) is 0 Å². The van der Waals surface area contributed by atoms with E-state index in [2.05, 4.69) is 62.5 Å².